The minimum Gasteiger partial charge on any atom is -0.507 e. The van der Waals surface area contributed by atoms with E-state index in [2.05, 4.69) is 0 Å². The van der Waals surface area contributed by atoms with Crippen molar-refractivity contribution in [3.8, 4) is 11.5 Å². The zero-order chi connectivity index (χ0) is 27.6. The molecule has 0 radical (unpaired) electrons. The summed E-state index contributed by atoms with van der Waals surface area (Å²) in [6.45, 7) is 2.59. The third-order valence-electron chi connectivity index (χ3n) is 6.33. The molecule has 9 heteroatoms. The molecule has 0 spiro atoms. The number of carbonyl (C=O) groups is 2. The molecule has 1 saturated heterocycles. The molecule has 1 fully saturated rings. The molecule has 0 saturated carbocycles. The highest BCUT2D eigenvalue weighted by Gasteiger charge is 2.46. The zero-order valence-corrected chi connectivity index (χ0v) is 23.0. The zero-order valence-electron chi connectivity index (χ0n) is 21.5. The maximum Gasteiger partial charge on any atom is 0.295 e. The third-order valence-corrected chi connectivity index (χ3v) is 6.89. The summed E-state index contributed by atoms with van der Waals surface area (Å²) < 4.78 is 10.7. The average molecular weight is 555 g/mol. The number of hydrogen-bond donors (Lipinski definition) is 1. The van der Waals surface area contributed by atoms with E-state index < -0.39 is 17.7 Å². The molecule has 1 heterocycles. The molecule has 1 unspecified atom stereocenters. The van der Waals surface area contributed by atoms with Crippen LogP contribution in [-0.2, 0) is 16.1 Å². The van der Waals surface area contributed by atoms with Gasteiger partial charge in [0.2, 0.25) is 0 Å². The second-order valence-corrected chi connectivity index (χ2v) is 9.78. The molecular weight excluding hydrogens is 527 g/mol. The second kappa shape index (κ2) is 11.4. The molecule has 1 atom stereocenters. The van der Waals surface area contributed by atoms with Gasteiger partial charge in [-0.2, -0.15) is 0 Å². The number of Topliss-reactive ketones (excluding diaryl/α,β-unsaturated/α-hetero) is 1. The van der Waals surface area contributed by atoms with Crippen molar-refractivity contribution in [1.29, 1.82) is 0 Å². The van der Waals surface area contributed by atoms with Crippen LogP contribution in [0.5, 0.6) is 11.5 Å². The molecule has 1 aliphatic rings. The van der Waals surface area contributed by atoms with Gasteiger partial charge in [0.1, 0.15) is 11.5 Å². The van der Waals surface area contributed by atoms with Crippen molar-refractivity contribution in [2.24, 2.45) is 0 Å². The smallest absolute Gasteiger partial charge is 0.295 e. The molecule has 38 heavy (non-hydrogen) atoms. The fourth-order valence-electron chi connectivity index (χ4n) is 4.45. The highest BCUT2D eigenvalue weighted by molar-refractivity contribution is 6.46. The highest BCUT2D eigenvalue weighted by atomic mass is 35.5. The lowest BCUT2D eigenvalue weighted by Gasteiger charge is -2.26. The van der Waals surface area contributed by atoms with Crippen LogP contribution < -0.4 is 14.4 Å². The van der Waals surface area contributed by atoms with E-state index in [9.17, 15) is 14.7 Å². The Kier molecular flexibility index (Phi) is 8.19. The summed E-state index contributed by atoms with van der Waals surface area (Å²) in [4.78, 5) is 30.1. The number of likely N-dealkylation sites (tertiary alicyclic amines) is 1. The molecule has 0 aromatic heterocycles. The molecule has 3 aromatic carbocycles. The van der Waals surface area contributed by atoms with E-state index in [1.807, 2.05) is 74.4 Å². The van der Waals surface area contributed by atoms with Gasteiger partial charge in [0.05, 0.1) is 35.4 Å². The fourth-order valence-corrected chi connectivity index (χ4v) is 5.09. The van der Waals surface area contributed by atoms with Gasteiger partial charge in [0, 0.05) is 31.9 Å². The summed E-state index contributed by atoms with van der Waals surface area (Å²) >= 11 is 12.6. The minimum absolute atomic E-state index is 0.0455. The van der Waals surface area contributed by atoms with Crippen LogP contribution in [0.4, 0.5) is 5.69 Å². The van der Waals surface area contributed by atoms with Crippen LogP contribution in [0.1, 0.15) is 29.7 Å². The van der Waals surface area contributed by atoms with Gasteiger partial charge < -0.3 is 24.4 Å². The van der Waals surface area contributed by atoms with E-state index >= 15 is 0 Å². The first kappa shape index (κ1) is 27.4. The van der Waals surface area contributed by atoms with E-state index in [4.69, 9.17) is 32.7 Å². The van der Waals surface area contributed by atoms with Crippen molar-refractivity contribution >= 4 is 46.3 Å². The van der Waals surface area contributed by atoms with Crippen LogP contribution in [0.15, 0.2) is 66.2 Å². The van der Waals surface area contributed by atoms with Crippen LogP contribution in [0.3, 0.4) is 0 Å². The Hall–Kier alpha value is -3.68. The summed E-state index contributed by atoms with van der Waals surface area (Å²) in [5, 5.41) is 11.7. The first-order valence-electron chi connectivity index (χ1n) is 12.0. The number of hydrogen-bond acceptors (Lipinski definition) is 6. The molecule has 4 rings (SSSR count). The number of methoxy groups -OCH3 is 1. The fraction of sp³-hybridized carbons (Fsp3) is 0.241. The number of halogens is 2. The molecule has 1 aliphatic heterocycles. The average Bonchev–Trinajstić information content (AvgIpc) is 3.14. The Morgan fingerprint density at radius 1 is 1.00 bits per heavy atom. The Labute approximate surface area is 231 Å². The van der Waals surface area contributed by atoms with Crippen LogP contribution >= 0.6 is 23.2 Å². The topological polar surface area (TPSA) is 79.3 Å². The van der Waals surface area contributed by atoms with Gasteiger partial charge in [0.25, 0.3) is 11.7 Å². The first-order valence-corrected chi connectivity index (χ1v) is 12.7. The highest BCUT2D eigenvalue weighted by Crippen LogP contribution is 2.42. The van der Waals surface area contributed by atoms with E-state index in [1.54, 1.807) is 0 Å². The van der Waals surface area contributed by atoms with Crippen LogP contribution in [0, 0.1) is 0 Å². The molecule has 0 aliphatic carbocycles. The lowest BCUT2D eigenvalue weighted by atomic mass is 9.95. The van der Waals surface area contributed by atoms with Crippen LogP contribution in [-0.4, -0.2) is 49.5 Å². The van der Waals surface area contributed by atoms with Gasteiger partial charge in [-0.1, -0.05) is 47.5 Å². The number of nitrogens with zero attached hydrogens (tertiary/aromatic N) is 2. The Bertz CT molecular complexity index is 1360. The van der Waals surface area contributed by atoms with Gasteiger partial charge in [-0.3, -0.25) is 9.59 Å². The number of ether oxygens (including phenoxy) is 2. The van der Waals surface area contributed by atoms with Crippen molar-refractivity contribution in [2.45, 2.75) is 19.5 Å². The number of rotatable bonds is 8. The Morgan fingerprint density at radius 2 is 1.61 bits per heavy atom. The second-order valence-electron chi connectivity index (χ2n) is 8.96. The Balaban J connectivity index is 1.83. The molecule has 0 bridgehead atoms. The molecule has 198 valence electrons. The van der Waals surface area contributed by atoms with Crippen LogP contribution in [0.25, 0.3) is 5.76 Å². The normalized spacial score (nSPS) is 16.6. The van der Waals surface area contributed by atoms with Crippen molar-refractivity contribution < 1.29 is 24.2 Å². The summed E-state index contributed by atoms with van der Waals surface area (Å²) in [5.74, 6) is -0.921. The molecular formula is C29H28Cl2N2O5. The van der Waals surface area contributed by atoms with Crippen molar-refractivity contribution in [3.05, 3.63) is 93.0 Å². The van der Waals surface area contributed by atoms with Gasteiger partial charge in [-0.25, -0.2) is 0 Å². The van der Waals surface area contributed by atoms with Crippen molar-refractivity contribution in [3.63, 3.8) is 0 Å². The van der Waals surface area contributed by atoms with Gasteiger partial charge in [-0.05, 0) is 54.4 Å². The summed E-state index contributed by atoms with van der Waals surface area (Å²) in [5.41, 5.74) is 2.59. The third kappa shape index (κ3) is 5.30. The minimum atomic E-state index is -0.836. The number of ketones is 1. The maximum atomic E-state index is 13.4. The number of aliphatic hydroxyl groups is 1. The lowest BCUT2D eigenvalue weighted by Crippen LogP contribution is -2.29. The largest absolute Gasteiger partial charge is 0.507 e. The predicted molar refractivity (Wildman–Crippen MR) is 149 cm³/mol. The molecule has 7 nitrogen and oxygen atoms in total. The summed E-state index contributed by atoms with van der Waals surface area (Å²) in [6.07, 6.45) is 0. The monoisotopic (exact) mass is 554 g/mol. The van der Waals surface area contributed by atoms with E-state index in [0.717, 1.165) is 11.3 Å². The standard InChI is InChI=1S/C29H28Cl2N2O5/c1-5-38-21-12-6-17(7-13-21)16-33-25(18-8-10-20(11-9-18)32(2)3)24(27(35)29(33)36)26(34)19-14-22(30)28(37-4)23(31)15-19/h6-15,25,34H,5,16H2,1-4H3/b26-24+. The predicted octanol–water partition coefficient (Wildman–Crippen LogP) is 6.09. The lowest BCUT2D eigenvalue weighted by molar-refractivity contribution is -0.140. The molecule has 3 aromatic rings. The number of anilines is 1. The van der Waals surface area contributed by atoms with E-state index in [-0.39, 0.29) is 39.2 Å². The van der Waals surface area contributed by atoms with E-state index in [1.165, 1.54) is 24.1 Å². The summed E-state index contributed by atoms with van der Waals surface area (Å²) in [6, 6.07) is 16.9. The van der Waals surface area contributed by atoms with Crippen molar-refractivity contribution in [2.75, 3.05) is 32.7 Å². The Morgan fingerprint density at radius 3 is 2.13 bits per heavy atom. The molecule has 1 amide bonds. The first-order chi connectivity index (χ1) is 18.2. The summed E-state index contributed by atoms with van der Waals surface area (Å²) in [7, 11) is 5.27. The number of carbonyl (C=O) groups excluding carboxylic acids is 2. The van der Waals surface area contributed by atoms with Gasteiger partial charge in [-0.15, -0.1) is 0 Å². The van der Waals surface area contributed by atoms with Gasteiger partial charge >= 0.3 is 0 Å². The maximum absolute atomic E-state index is 13.4. The number of benzene rings is 3. The molecule has 1 N–H and O–H groups in total. The van der Waals surface area contributed by atoms with E-state index in [0.29, 0.717) is 17.9 Å². The SMILES string of the molecule is CCOc1ccc(CN2C(=O)C(=O)/C(=C(/O)c3cc(Cl)c(OC)c(Cl)c3)C2c2ccc(N(C)C)cc2)cc1. The number of amides is 1. The van der Waals surface area contributed by atoms with Crippen molar-refractivity contribution in [1.82, 2.24) is 4.90 Å². The van der Waals surface area contributed by atoms with Crippen LogP contribution in [0.2, 0.25) is 10.0 Å². The van der Waals surface area contributed by atoms with Gasteiger partial charge in [0.15, 0.2) is 5.75 Å². The quantitative estimate of drug-likeness (QED) is 0.206. The number of aliphatic hydroxyl groups excluding tert-OH is 1.